The maximum Gasteiger partial charge on any atom is 0.118 e. The molecule has 0 fully saturated rings. The van der Waals surface area contributed by atoms with Gasteiger partial charge in [0, 0.05) is 6.42 Å². The van der Waals surface area contributed by atoms with Crippen LogP contribution < -0.4 is 10.2 Å². The van der Waals surface area contributed by atoms with Crippen molar-refractivity contribution in [3.63, 3.8) is 0 Å². The summed E-state index contributed by atoms with van der Waals surface area (Å²) in [7, 11) is 1.66. The molecule has 0 atom stereocenters. The van der Waals surface area contributed by atoms with Crippen molar-refractivity contribution in [1.82, 2.24) is 5.43 Å². The molecule has 1 N–H and O–H groups in total. The number of benzene rings is 1. The van der Waals surface area contributed by atoms with E-state index in [0.717, 1.165) is 34.0 Å². The Bertz CT molecular complexity index is 489. The molecule has 1 aromatic carbocycles. The van der Waals surface area contributed by atoms with E-state index in [2.05, 4.69) is 16.6 Å². The Morgan fingerprint density at radius 1 is 1.35 bits per heavy atom. The maximum absolute atomic E-state index is 5.12. The topological polar surface area (TPSA) is 33.6 Å². The van der Waals surface area contributed by atoms with Gasteiger partial charge in [0.1, 0.15) is 10.7 Å². The molecule has 0 aromatic heterocycles. The van der Waals surface area contributed by atoms with Gasteiger partial charge in [-0.1, -0.05) is 24.4 Å². The summed E-state index contributed by atoms with van der Waals surface area (Å²) in [6, 6.07) is 7.92. The Morgan fingerprint density at radius 2 is 2.06 bits per heavy atom. The van der Waals surface area contributed by atoms with E-state index in [0.29, 0.717) is 0 Å². The highest BCUT2D eigenvalue weighted by molar-refractivity contribution is 7.80. The molecule has 17 heavy (non-hydrogen) atoms. The van der Waals surface area contributed by atoms with E-state index in [4.69, 9.17) is 17.0 Å². The van der Waals surface area contributed by atoms with Gasteiger partial charge < -0.3 is 4.74 Å². The van der Waals surface area contributed by atoms with Crippen molar-refractivity contribution in [2.75, 3.05) is 7.11 Å². The molecular formula is C13H14N2OS. The first-order valence-corrected chi connectivity index (χ1v) is 5.78. The lowest BCUT2D eigenvalue weighted by Gasteiger charge is -2.14. The zero-order valence-corrected chi connectivity index (χ0v) is 10.7. The number of rotatable bonds is 2. The Kier molecular flexibility index (Phi) is 3.54. The van der Waals surface area contributed by atoms with Gasteiger partial charge in [-0.2, -0.15) is 5.10 Å². The second kappa shape index (κ2) is 5.10. The summed E-state index contributed by atoms with van der Waals surface area (Å²) < 4.78 is 5.12. The molecule has 4 heteroatoms. The Labute approximate surface area is 106 Å². The predicted octanol–water partition coefficient (Wildman–Crippen LogP) is 2.78. The zero-order chi connectivity index (χ0) is 12.3. The molecule has 1 heterocycles. The summed E-state index contributed by atoms with van der Waals surface area (Å²) in [6.45, 7) is 1.98. The highest BCUT2D eigenvalue weighted by Crippen LogP contribution is 2.17. The molecule has 1 aromatic rings. The van der Waals surface area contributed by atoms with E-state index in [-0.39, 0.29) is 0 Å². The second-order valence-corrected chi connectivity index (χ2v) is 4.34. The number of hydrogen-bond acceptors (Lipinski definition) is 3. The first-order chi connectivity index (χ1) is 8.19. The number of hydrazone groups is 1. The van der Waals surface area contributed by atoms with Crippen LogP contribution in [0.3, 0.4) is 0 Å². The fourth-order valence-electron chi connectivity index (χ4n) is 1.62. The summed E-state index contributed by atoms with van der Waals surface area (Å²) >= 11 is 5.11. The first-order valence-electron chi connectivity index (χ1n) is 5.37. The standard InChI is InChI=1S/C13H14N2OS/c1-9-11(8-13(17)15-14-9)7-10-3-5-12(16-2)6-4-10/h3-7H,8H2,1-2H3,(H,15,17). The normalized spacial score (nSPS) is 17.6. The lowest BCUT2D eigenvalue weighted by Crippen LogP contribution is -2.24. The maximum atomic E-state index is 5.12. The van der Waals surface area contributed by atoms with E-state index in [1.54, 1.807) is 7.11 Å². The number of thiocarbonyl (C=S) groups is 1. The molecule has 0 aliphatic carbocycles. The number of methoxy groups -OCH3 is 1. The van der Waals surface area contributed by atoms with E-state index >= 15 is 0 Å². The van der Waals surface area contributed by atoms with Crippen LogP contribution in [0.4, 0.5) is 0 Å². The summed E-state index contributed by atoms with van der Waals surface area (Å²) in [4.78, 5) is 0.760. The molecule has 3 nitrogen and oxygen atoms in total. The number of nitrogens with zero attached hydrogens (tertiary/aromatic N) is 1. The smallest absolute Gasteiger partial charge is 0.118 e. The molecule has 0 unspecified atom stereocenters. The van der Waals surface area contributed by atoms with Crippen molar-refractivity contribution < 1.29 is 4.74 Å². The van der Waals surface area contributed by atoms with Gasteiger partial charge in [-0.25, -0.2) is 0 Å². The molecular weight excluding hydrogens is 232 g/mol. The minimum absolute atomic E-state index is 0.747. The van der Waals surface area contributed by atoms with E-state index < -0.39 is 0 Å². The van der Waals surface area contributed by atoms with Crippen molar-refractivity contribution in [2.45, 2.75) is 13.3 Å². The van der Waals surface area contributed by atoms with Gasteiger partial charge in [-0.05, 0) is 36.3 Å². The van der Waals surface area contributed by atoms with Crippen LogP contribution in [0.25, 0.3) is 6.08 Å². The third-order valence-corrected chi connectivity index (χ3v) is 2.86. The lowest BCUT2D eigenvalue weighted by atomic mass is 10.0. The van der Waals surface area contributed by atoms with Crippen LogP contribution in [0.15, 0.2) is 34.9 Å². The highest BCUT2D eigenvalue weighted by Gasteiger charge is 2.11. The van der Waals surface area contributed by atoms with Gasteiger partial charge in [-0.15, -0.1) is 0 Å². The molecule has 1 aliphatic rings. The van der Waals surface area contributed by atoms with Crippen LogP contribution in [0.1, 0.15) is 18.9 Å². The van der Waals surface area contributed by atoms with Crippen molar-refractivity contribution in [2.24, 2.45) is 5.10 Å². The van der Waals surface area contributed by atoms with Crippen LogP contribution in [-0.2, 0) is 0 Å². The van der Waals surface area contributed by atoms with Crippen molar-refractivity contribution in [3.8, 4) is 5.75 Å². The molecule has 0 bridgehead atoms. The quantitative estimate of drug-likeness (QED) is 0.815. The minimum atomic E-state index is 0.747. The molecule has 88 valence electrons. The van der Waals surface area contributed by atoms with Gasteiger partial charge >= 0.3 is 0 Å². The molecule has 0 saturated heterocycles. The summed E-state index contributed by atoms with van der Waals surface area (Å²) in [6.07, 6.45) is 2.85. The van der Waals surface area contributed by atoms with Crippen LogP contribution in [0, 0.1) is 0 Å². The van der Waals surface area contributed by atoms with Gasteiger partial charge in [0.05, 0.1) is 12.8 Å². The molecule has 0 saturated carbocycles. The molecule has 0 spiro atoms. The minimum Gasteiger partial charge on any atom is -0.497 e. The Morgan fingerprint density at radius 3 is 2.71 bits per heavy atom. The monoisotopic (exact) mass is 246 g/mol. The first kappa shape index (κ1) is 11.8. The van der Waals surface area contributed by atoms with Gasteiger partial charge in [0.15, 0.2) is 0 Å². The summed E-state index contributed by atoms with van der Waals surface area (Å²) in [5.41, 5.74) is 6.08. The van der Waals surface area contributed by atoms with Gasteiger partial charge in [0.25, 0.3) is 0 Å². The van der Waals surface area contributed by atoms with Crippen LogP contribution in [-0.4, -0.2) is 17.8 Å². The van der Waals surface area contributed by atoms with Crippen molar-refractivity contribution >= 4 is 29.0 Å². The van der Waals surface area contributed by atoms with Crippen LogP contribution in [0.2, 0.25) is 0 Å². The Hall–Kier alpha value is -1.68. The highest BCUT2D eigenvalue weighted by atomic mass is 32.1. The Balaban J connectivity index is 2.25. The third kappa shape index (κ3) is 2.91. The van der Waals surface area contributed by atoms with Crippen molar-refractivity contribution in [1.29, 1.82) is 0 Å². The van der Waals surface area contributed by atoms with Crippen molar-refractivity contribution in [3.05, 3.63) is 35.4 Å². The summed E-state index contributed by atoms with van der Waals surface area (Å²) in [5, 5.41) is 4.15. The van der Waals surface area contributed by atoms with Crippen LogP contribution in [0.5, 0.6) is 5.75 Å². The molecule has 0 amide bonds. The van der Waals surface area contributed by atoms with Crippen LogP contribution >= 0.6 is 12.2 Å². The molecule has 1 aliphatic heterocycles. The SMILES string of the molecule is COc1ccc(C=C2CC(=S)NN=C2C)cc1. The molecule has 0 radical (unpaired) electrons. The van der Waals surface area contributed by atoms with Gasteiger partial charge in [0.2, 0.25) is 0 Å². The zero-order valence-electron chi connectivity index (χ0n) is 9.86. The molecule has 2 rings (SSSR count). The fourth-order valence-corrected chi connectivity index (χ4v) is 1.82. The summed E-state index contributed by atoms with van der Waals surface area (Å²) in [5.74, 6) is 0.860. The van der Waals surface area contributed by atoms with E-state index in [1.165, 1.54) is 0 Å². The number of nitrogens with one attached hydrogen (secondary N) is 1. The predicted molar refractivity (Wildman–Crippen MR) is 74.4 cm³/mol. The largest absolute Gasteiger partial charge is 0.497 e. The second-order valence-electron chi connectivity index (χ2n) is 3.85. The fraction of sp³-hybridized carbons (Fsp3) is 0.231. The average molecular weight is 246 g/mol. The van der Waals surface area contributed by atoms with E-state index in [9.17, 15) is 0 Å². The van der Waals surface area contributed by atoms with E-state index in [1.807, 2.05) is 31.2 Å². The van der Waals surface area contributed by atoms with Gasteiger partial charge in [-0.3, -0.25) is 5.43 Å². The number of hydrogen-bond donors (Lipinski definition) is 1. The number of ether oxygens (including phenoxy) is 1. The average Bonchev–Trinajstić information content (AvgIpc) is 2.35. The lowest BCUT2D eigenvalue weighted by molar-refractivity contribution is 0.415. The third-order valence-electron chi connectivity index (χ3n) is 2.62.